The summed E-state index contributed by atoms with van der Waals surface area (Å²) in [4.78, 5) is 11.7. The van der Waals surface area contributed by atoms with Crippen LogP contribution in [0.2, 0.25) is 0 Å². The van der Waals surface area contributed by atoms with Crippen LogP contribution in [0.15, 0.2) is 0 Å². The molecule has 0 amide bonds. The van der Waals surface area contributed by atoms with Crippen molar-refractivity contribution in [2.45, 2.75) is 72.0 Å². The molecule has 4 heteroatoms. The van der Waals surface area contributed by atoms with Crippen molar-refractivity contribution in [3.05, 3.63) is 0 Å². The first-order chi connectivity index (χ1) is 9.59. The Morgan fingerprint density at radius 1 is 1.00 bits per heavy atom. The van der Waals surface area contributed by atoms with Gasteiger partial charge in [-0.3, -0.25) is 4.79 Å². The number of carbonyl (C=O) groups is 1. The fourth-order valence-electron chi connectivity index (χ4n) is 1.86. The van der Waals surface area contributed by atoms with E-state index in [0.717, 1.165) is 19.4 Å². The van der Waals surface area contributed by atoms with E-state index in [1.807, 2.05) is 20.9 Å². The van der Waals surface area contributed by atoms with E-state index in [-0.39, 0.29) is 17.1 Å². The molecular formula is C17H35NO3. The van der Waals surface area contributed by atoms with Crippen molar-refractivity contribution in [2.24, 2.45) is 5.92 Å². The number of carbonyl (C=O) groups excluding carboxylic acids is 1. The first-order valence-corrected chi connectivity index (χ1v) is 8.05. The van der Waals surface area contributed by atoms with Crippen LogP contribution in [0.3, 0.4) is 0 Å². The smallest absolute Gasteiger partial charge is 0.135 e. The van der Waals surface area contributed by atoms with Crippen LogP contribution in [0.5, 0.6) is 0 Å². The topological polar surface area (TPSA) is 47.6 Å². The van der Waals surface area contributed by atoms with Gasteiger partial charge in [-0.1, -0.05) is 13.8 Å². The third-order valence-electron chi connectivity index (χ3n) is 3.66. The van der Waals surface area contributed by atoms with E-state index in [1.54, 1.807) is 0 Å². The van der Waals surface area contributed by atoms with Crippen LogP contribution in [0.1, 0.15) is 60.8 Å². The number of nitrogens with one attached hydrogen (secondary N) is 1. The maximum atomic E-state index is 11.7. The second-order valence-corrected chi connectivity index (χ2v) is 7.19. The minimum absolute atomic E-state index is 0.111. The molecule has 0 atom stereocenters. The van der Waals surface area contributed by atoms with Gasteiger partial charge in [-0.2, -0.15) is 0 Å². The lowest BCUT2D eigenvalue weighted by Gasteiger charge is -2.30. The summed E-state index contributed by atoms with van der Waals surface area (Å²) in [6, 6.07) is 0. The molecular weight excluding hydrogens is 266 g/mol. The molecule has 126 valence electrons. The molecule has 1 N–H and O–H groups in total. The van der Waals surface area contributed by atoms with Crippen molar-refractivity contribution in [3.8, 4) is 0 Å². The molecule has 0 aromatic rings. The standard InChI is InChI=1S/C17H35NO3/c1-14(2)15(19)8-9-16(3,4)20-12-10-17(5,6)21-13-11-18-7/h14,18H,8-13H2,1-7H3. The van der Waals surface area contributed by atoms with Crippen molar-refractivity contribution in [1.82, 2.24) is 5.32 Å². The van der Waals surface area contributed by atoms with E-state index in [4.69, 9.17) is 9.47 Å². The summed E-state index contributed by atoms with van der Waals surface area (Å²) in [5.41, 5.74) is -0.438. The van der Waals surface area contributed by atoms with Crippen LogP contribution in [0.25, 0.3) is 0 Å². The molecule has 0 heterocycles. The Hall–Kier alpha value is -0.450. The lowest BCUT2D eigenvalue weighted by Crippen LogP contribution is -2.33. The summed E-state index contributed by atoms with van der Waals surface area (Å²) >= 11 is 0. The molecule has 0 aromatic carbocycles. The second kappa shape index (κ2) is 9.54. The number of likely N-dealkylation sites (N-methyl/N-ethyl adjacent to an activating group) is 1. The van der Waals surface area contributed by atoms with Crippen LogP contribution < -0.4 is 5.32 Å². The molecule has 0 unspecified atom stereocenters. The van der Waals surface area contributed by atoms with E-state index in [1.165, 1.54) is 0 Å². The predicted octanol–water partition coefficient (Wildman–Crippen LogP) is 3.19. The first kappa shape index (κ1) is 20.6. The number of Topliss-reactive ketones (excluding diaryl/α,β-unsaturated/α-hetero) is 1. The molecule has 0 aliphatic rings. The maximum absolute atomic E-state index is 11.7. The molecule has 0 aromatic heterocycles. The highest BCUT2D eigenvalue weighted by atomic mass is 16.5. The Labute approximate surface area is 131 Å². The van der Waals surface area contributed by atoms with Crippen LogP contribution in [0, 0.1) is 5.92 Å². The SMILES string of the molecule is CNCCOC(C)(C)CCOC(C)(C)CCC(=O)C(C)C. The number of hydrogen-bond donors (Lipinski definition) is 1. The fraction of sp³-hybridized carbons (Fsp3) is 0.941. The van der Waals surface area contributed by atoms with Crippen LogP contribution in [-0.2, 0) is 14.3 Å². The maximum Gasteiger partial charge on any atom is 0.135 e. The van der Waals surface area contributed by atoms with E-state index in [0.29, 0.717) is 25.4 Å². The molecule has 21 heavy (non-hydrogen) atoms. The summed E-state index contributed by atoms with van der Waals surface area (Å²) in [6.07, 6.45) is 2.20. The summed E-state index contributed by atoms with van der Waals surface area (Å²) in [6.45, 7) is 14.4. The lowest BCUT2D eigenvalue weighted by molar-refractivity contribution is -0.124. The number of hydrogen-bond acceptors (Lipinski definition) is 4. The van der Waals surface area contributed by atoms with E-state index in [9.17, 15) is 4.79 Å². The van der Waals surface area contributed by atoms with Gasteiger partial charge >= 0.3 is 0 Å². The van der Waals surface area contributed by atoms with Gasteiger partial charge in [0.15, 0.2) is 0 Å². The molecule has 4 nitrogen and oxygen atoms in total. The van der Waals surface area contributed by atoms with Gasteiger partial charge in [0.1, 0.15) is 5.78 Å². The Bertz CT molecular complexity index is 298. The third kappa shape index (κ3) is 10.9. The van der Waals surface area contributed by atoms with Crippen LogP contribution in [-0.4, -0.2) is 43.8 Å². The van der Waals surface area contributed by atoms with Gasteiger partial charge in [-0.05, 0) is 47.6 Å². The summed E-state index contributed by atoms with van der Waals surface area (Å²) in [7, 11) is 1.92. The highest BCUT2D eigenvalue weighted by Gasteiger charge is 2.23. The largest absolute Gasteiger partial charge is 0.375 e. The number of ketones is 1. The normalized spacial score (nSPS) is 13.0. The first-order valence-electron chi connectivity index (χ1n) is 8.05. The minimum Gasteiger partial charge on any atom is -0.375 e. The van der Waals surface area contributed by atoms with Gasteiger partial charge < -0.3 is 14.8 Å². The van der Waals surface area contributed by atoms with Gasteiger partial charge in [0.2, 0.25) is 0 Å². The van der Waals surface area contributed by atoms with Crippen molar-refractivity contribution in [1.29, 1.82) is 0 Å². The Morgan fingerprint density at radius 2 is 1.52 bits per heavy atom. The number of rotatable bonds is 12. The van der Waals surface area contributed by atoms with Crippen LogP contribution in [0.4, 0.5) is 0 Å². The molecule has 0 spiro atoms. The lowest BCUT2D eigenvalue weighted by atomic mass is 9.96. The van der Waals surface area contributed by atoms with Gasteiger partial charge in [0.05, 0.1) is 24.4 Å². The fourth-order valence-corrected chi connectivity index (χ4v) is 1.86. The average molecular weight is 301 g/mol. The van der Waals surface area contributed by atoms with E-state index < -0.39 is 0 Å². The van der Waals surface area contributed by atoms with Crippen molar-refractivity contribution < 1.29 is 14.3 Å². The molecule has 0 bridgehead atoms. The summed E-state index contributed by atoms with van der Waals surface area (Å²) < 4.78 is 11.8. The second-order valence-electron chi connectivity index (χ2n) is 7.19. The zero-order valence-electron chi connectivity index (χ0n) is 15.0. The van der Waals surface area contributed by atoms with Crippen molar-refractivity contribution in [3.63, 3.8) is 0 Å². The van der Waals surface area contributed by atoms with Gasteiger partial charge in [0, 0.05) is 18.9 Å². The highest BCUT2D eigenvalue weighted by Crippen LogP contribution is 2.21. The molecule has 0 radical (unpaired) electrons. The summed E-state index contributed by atoms with van der Waals surface area (Å²) in [5.74, 6) is 0.419. The monoisotopic (exact) mass is 301 g/mol. The average Bonchev–Trinajstić information content (AvgIpc) is 2.35. The Morgan fingerprint density at radius 3 is 2.05 bits per heavy atom. The Balaban J connectivity index is 3.99. The van der Waals surface area contributed by atoms with Crippen LogP contribution >= 0.6 is 0 Å². The van der Waals surface area contributed by atoms with Crippen molar-refractivity contribution in [2.75, 3.05) is 26.8 Å². The van der Waals surface area contributed by atoms with E-state index >= 15 is 0 Å². The molecule has 0 saturated heterocycles. The van der Waals surface area contributed by atoms with E-state index in [2.05, 4.69) is 33.0 Å². The molecule has 0 aliphatic heterocycles. The van der Waals surface area contributed by atoms with Crippen molar-refractivity contribution >= 4 is 5.78 Å². The third-order valence-corrected chi connectivity index (χ3v) is 3.66. The number of ether oxygens (including phenoxy) is 2. The zero-order chi connectivity index (χ0) is 16.5. The molecule has 0 saturated carbocycles. The van der Waals surface area contributed by atoms with Gasteiger partial charge in [-0.15, -0.1) is 0 Å². The quantitative estimate of drug-likeness (QED) is 0.562. The Kier molecular flexibility index (Phi) is 9.34. The molecule has 0 aliphatic carbocycles. The zero-order valence-corrected chi connectivity index (χ0v) is 15.0. The van der Waals surface area contributed by atoms with Gasteiger partial charge in [0.25, 0.3) is 0 Å². The minimum atomic E-state index is -0.258. The highest BCUT2D eigenvalue weighted by molar-refractivity contribution is 5.80. The summed E-state index contributed by atoms with van der Waals surface area (Å²) in [5, 5.41) is 3.07. The molecule has 0 rings (SSSR count). The van der Waals surface area contributed by atoms with Gasteiger partial charge in [-0.25, -0.2) is 0 Å². The molecule has 0 fully saturated rings. The predicted molar refractivity (Wildman–Crippen MR) is 87.7 cm³/mol.